The van der Waals surface area contributed by atoms with Gasteiger partial charge in [-0.05, 0) is 49.2 Å². The zero-order chi connectivity index (χ0) is 16.1. The smallest absolute Gasteiger partial charge is 0.227 e. The number of aryl methyl sites for hydroxylation is 2. The van der Waals surface area contributed by atoms with Crippen LogP contribution in [-0.2, 0) is 4.79 Å². The van der Waals surface area contributed by atoms with Crippen molar-refractivity contribution in [2.45, 2.75) is 20.3 Å². The monoisotopic (exact) mass is 305 g/mol. The summed E-state index contributed by atoms with van der Waals surface area (Å²) >= 11 is 0. The fourth-order valence-electron chi connectivity index (χ4n) is 2.13. The molecule has 0 spiro atoms. The maximum Gasteiger partial charge on any atom is 0.227 e. The van der Waals surface area contributed by atoms with Gasteiger partial charge in [0.1, 0.15) is 17.4 Å². The van der Waals surface area contributed by atoms with Crippen LogP contribution in [0, 0.1) is 25.5 Å². The zero-order valence-corrected chi connectivity index (χ0v) is 12.5. The first kappa shape index (κ1) is 15.9. The van der Waals surface area contributed by atoms with Crippen LogP contribution in [0.15, 0.2) is 36.4 Å². The first-order valence-electron chi connectivity index (χ1n) is 6.89. The Morgan fingerprint density at radius 2 is 1.59 bits per heavy atom. The highest BCUT2D eigenvalue weighted by Gasteiger charge is 2.06. The molecule has 116 valence electrons. The number of hydrogen-bond donors (Lipinski definition) is 1. The fourth-order valence-corrected chi connectivity index (χ4v) is 2.13. The number of amides is 1. The lowest BCUT2D eigenvalue weighted by Crippen LogP contribution is -2.15. The molecule has 0 saturated heterocycles. The third kappa shape index (κ3) is 4.84. The molecule has 0 unspecified atom stereocenters. The fraction of sp³-hybridized carbons (Fsp3) is 0.235. The molecule has 2 aromatic carbocycles. The van der Waals surface area contributed by atoms with Gasteiger partial charge in [-0.15, -0.1) is 0 Å². The summed E-state index contributed by atoms with van der Waals surface area (Å²) in [4.78, 5) is 11.7. The Labute approximate surface area is 127 Å². The summed E-state index contributed by atoms with van der Waals surface area (Å²) in [5.41, 5.74) is 2.25. The predicted octanol–water partition coefficient (Wildman–Crippen LogP) is 3.99. The van der Waals surface area contributed by atoms with Crippen LogP contribution in [-0.4, -0.2) is 12.5 Å². The van der Waals surface area contributed by atoms with Crippen molar-refractivity contribution < 1.29 is 18.3 Å². The molecule has 0 aromatic heterocycles. The third-order valence-corrected chi connectivity index (χ3v) is 2.94. The van der Waals surface area contributed by atoms with Gasteiger partial charge in [0, 0.05) is 11.8 Å². The molecule has 1 amide bonds. The van der Waals surface area contributed by atoms with Crippen molar-refractivity contribution in [3.05, 3.63) is 59.2 Å². The molecule has 2 aromatic rings. The van der Waals surface area contributed by atoms with E-state index in [9.17, 15) is 13.6 Å². The van der Waals surface area contributed by atoms with E-state index < -0.39 is 11.6 Å². The third-order valence-electron chi connectivity index (χ3n) is 2.94. The molecule has 0 radical (unpaired) electrons. The second kappa shape index (κ2) is 7.02. The number of nitrogens with one attached hydrogen (secondary N) is 1. The standard InChI is InChI=1S/C17H17F2NO2/c1-11-5-12(2)7-16(6-11)22-4-3-17(21)20-15-9-13(18)8-14(19)10-15/h5-10H,3-4H2,1-2H3,(H,20,21). The lowest BCUT2D eigenvalue weighted by Gasteiger charge is -2.09. The normalized spacial score (nSPS) is 10.4. The Hall–Kier alpha value is -2.43. The Kier molecular flexibility index (Phi) is 5.09. The summed E-state index contributed by atoms with van der Waals surface area (Å²) in [5.74, 6) is -1.14. The second-order valence-corrected chi connectivity index (χ2v) is 5.13. The Morgan fingerprint density at radius 1 is 1.00 bits per heavy atom. The van der Waals surface area contributed by atoms with Gasteiger partial charge in [0.15, 0.2) is 0 Å². The highest BCUT2D eigenvalue weighted by Crippen LogP contribution is 2.17. The van der Waals surface area contributed by atoms with Crippen LogP contribution in [0.2, 0.25) is 0 Å². The molecule has 3 nitrogen and oxygen atoms in total. The number of anilines is 1. The van der Waals surface area contributed by atoms with Crippen LogP contribution >= 0.6 is 0 Å². The van der Waals surface area contributed by atoms with E-state index in [2.05, 4.69) is 5.32 Å². The van der Waals surface area contributed by atoms with Gasteiger partial charge in [0.25, 0.3) is 0 Å². The molecule has 1 N–H and O–H groups in total. The van der Waals surface area contributed by atoms with E-state index in [4.69, 9.17) is 4.74 Å². The first-order chi connectivity index (χ1) is 10.4. The SMILES string of the molecule is Cc1cc(C)cc(OCCC(=O)Nc2cc(F)cc(F)c2)c1. The van der Waals surface area contributed by atoms with E-state index in [0.29, 0.717) is 5.75 Å². The second-order valence-electron chi connectivity index (χ2n) is 5.13. The summed E-state index contributed by atoms with van der Waals surface area (Å²) in [6, 6.07) is 8.66. The number of carbonyl (C=O) groups excluding carboxylic acids is 1. The van der Waals surface area contributed by atoms with Gasteiger partial charge in [-0.3, -0.25) is 4.79 Å². The van der Waals surface area contributed by atoms with Gasteiger partial charge < -0.3 is 10.1 Å². The Balaban J connectivity index is 1.85. The van der Waals surface area contributed by atoms with Gasteiger partial charge in [0.05, 0.1) is 13.0 Å². The minimum absolute atomic E-state index is 0.0884. The van der Waals surface area contributed by atoms with Crippen LogP contribution in [0.1, 0.15) is 17.5 Å². The molecule has 2 rings (SSSR count). The lowest BCUT2D eigenvalue weighted by atomic mass is 10.1. The van der Waals surface area contributed by atoms with Crippen molar-refractivity contribution in [2.75, 3.05) is 11.9 Å². The summed E-state index contributed by atoms with van der Waals surface area (Å²) in [7, 11) is 0. The van der Waals surface area contributed by atoms with Crippen molar-refractivity contribution in [3.63, 3.8) is 0 Å². The summed E-state index contributed by atoms with van der Waals surface area (Å²) in [6.45, 7) is 4.11. The van der Waals surface area contributed by atoms with Crippen molar-refractivity contribution in [3.8, 4) is 5.75 Å². The molecule has 0 fully saturated rings. The number of benzene rings is 2. The Bertz CT molecular complexity index is 646. The maximum absolute atomic E-state index is 13.0. The van der Waals surface area contributed by atoms with Gasteiger partial charge in [-0.25, -0.2) is 8.78 Å². The van der Waals surface area contributed by atoms with Crippen LogP contribution < -0.4 is 10.1 Å². The van der Waals surface area contributed by atoms with Crippen LogP contribution in [0.25, 0.3) is 0 Å². The minimum Gasteiger partial charge on any atom is -0.493 e. The van der Waals surface area contributed by atoms with E-state index >= 15 is 0 Å². The van der Waals surface area contributed by atoms with E-state index in [-0.39, 0.29) is 24.6 Å². The van der Waals surface area contributed by atoms with E-state index in [0.717, 1.165) is 29.3 Å². The van der Waals surface area contributed by atoms with Gasteiger partial charge >= 0.3 is 0 Å². The number of ether oxygens (including phenoxy) is 1. The highest BCUT2D eigenvalue weighted by atomic mass is 19.1. The largest absolute Gasteiger partial charge is 0.493 e. The molecule has 0 aliphatic carbocycles. The van der Waals surface area contributed by atoms with Crippen molar-refractivity contribution in [1.29, 1.82) is 0 Å². The summed E-state index contributed by atoms with van der Waals surface area (Å²) in [5, 5.41) is 2.43. The maximum atomic E-state index is 13.0. The molecule has 0 aliphatic rings. The average molecular weight is 305 g/mol. The van der Waals surface area contributed by atoms with E-state index in [1.54, 1.807) is 0 Å². The number of carbonyl (C=O) groups is 1. The van der Waals surface area contributed by atoms with Gasteiger partial charge in [0.2, 0.25) is 5.91 Å². The van der Waals surface area contributed by atoms with Crippen LogP contribution in [0.5, 0.6) is 5.75 Å². The molecular formula is C17H17F2NO2. The quantitative estimate of drug-likeness (QED) is 0.907. The first-order valence-corrected chi connectivity index (χ1v) is 6.89. The molecule has 5 heteroatoms. The summed E-state index contributed by atoms with van der Waals surface area (Å²) in [6.07, 6.45) is 0.0884. The van der Waals surface area contributed by atoms with Crippen LogP contribution in [0.3, 0.4) is 0 Å². The average Bonchev–Trinajstić information content (AvgIpc) is 2.35. The molecule has 0 atom stereocenters. The molecule has 0 saturated carbocycles. The zero-order valence-electron chi connectivity index (χ0n) is 12.5. The van der Waals surface area contributed by atoms with E-state index in [1.165, 1.54) is 0 Å². The molecular weight excluding hydrogens is 288 g/mol. The van der Waals surface area contributed by atoms with Crippen molar-refractivity contribution in [2.24, 2.45) is 0 Å². The van der Waals surface area contributed by atoms with Gasteiger partial charge in [-0.2, -0.15) is 0 Å². The summed E-state index contributed by atoms with van der Waals surface area (Å²) < 4.78 is 31.5. The van der Waals surface area contributed by atoms with Gasteiger partial charge in [-0.1, -0.05) is 6.07 Å². The molecule has 0 heterocycles. The lowest BCUT2D eigenvalue weighted by molar-refractivity contribution is -0.116. The predicted molar refractivity (Wildman–Crippen MR) is 81.0 cm³/mol. The van der Waals surface area contributed by atoms with Crippen molar-refractivity contribution in [1.82, 2.24) is 0 Å². The Morgan fingerprint density at radius 3 is 2.18 bits per heavy atom. The molecule has 0 aliphatic heterocycles. The van der Waals surface area contributed by atoms with Crippen molar-refractivity contribution >= 4 is 11.6 Å². The van der Waals surface area contributed by atoms with E-state index in [1.807, 2.05) is 32.0 Å². The number of rotatable bonds is 5. The molecule has 22 heavy (non-hydrogen) atoms. The minimum atomic E-state index is -0.734. The molecule has 0 bridgehead atoms. The highest BCUT2D eigenvalue weighted by molar-refractivity contribution is 5.90. The van der Waals surface area contributed by atoms with Crippen LogP contribution in [0.4, 0.5) is 14.5 Å². The topological polar surface area (TPSA) is 38.3 Å². The number of hydrogen-bond acceptors (Lipinski definition) is 2. The number of halogens is 2.